The number of urea groups is 1. The van der Waals surface area contributed by atoms with Crippen molar-refractivity contribution in [3.8, 4) is 5.75 Å². The zero-order valence-electron chi connectivity index (χ0n) is 17.1. The number of aromatic nitrogens is 2. The molecule has 10 nitrogen and oxygen atoms in total. The van der Waals surface area contributed by atoms with Gasteiger partial charge in [-0.3, -0.25) is 0 Å². The van der Waals surface area contributed by atoms with E-state index in [9.17, 15) is 14.7 Å². The summed E-state index contributed by atoms with van der Waals surface area (Å²) < 4.78 is 5.20. The van der Waals surface area contributed by atoms with Crippen LogP contribution in [0.5, 0.6) is 5.75 Å². The molecule has 0 aliphatic carbocycles. The van der Waals surface area contributed by atoms with Crippen molar-refractivity contribution < 1.29 is 19.4 Å². The Labute approximate surface area is 182 Å². The average molecular weight is 443 g/mol. The van der Waals surface area contributed by atoms with E-state index in [0.29, 0.717) is 42.2 Å². The molecule has 0 spiro atoms. The van der Waals surface area contributed by atoms with Crippen LogP contribution in [0.2, 0.25) is 0 Å². The van der Waals surface area contributed by atoms with Crippen LogP contribution >= 0.6 is 11.3 Å². The number of fused-ring (bicyclic) bond motifs is 1. The lowest BCUT2D eigenvalue weighted by molar-refractivity contribution is 0.0699. The monoisotopic (exact) mass is 442 g/mol. The lowest BCUT2D eigenvalue weighted by Crippen LogP contribution is -2.50. The number of rotatable bonds is 4. The molecule has 1 aliphatic heterocycles. The normalized spacial score (nSPS) is 14.0. The third-order valence-corrected chi connectivity index (χ3v) is 6.08. The molecule has 1 saturated heterocycles. The van der Waals surface area contributed by atoms with Gasteiger partial charge in [0.15, 0.2) is 0 Å². The maximum atomic E-state index is 12.7. The lowest BCUT2D eigenvalue weighted by atomic mass is 10.2. The number of nitrogen functional groups attached to an aromatic ring is 1. The number of thiophene rings is 1. The van der Waals surface area contributed by atoms with Crippen molar-refractivity contribution >= 4 is 51.0 Å². The molecule has 4 rings (SSSR count). The van der Waals surface area contributed by atoms with Crippen molar-refractivity contribution in [1.82, 2.24) is 14.9 Å². The Kier molecular flexibility index (Phi) is 5.51. The van der Waals surface area contributed by atoms with E-state index in [0.717, 1.165) is 17.0 Å². The SMILES string of the molecule is COc1ccc(NC(=O)N2CCN(c3nc(N)nc4scc(C(=O)O)c34)CC2)c(C)c1. The van der Waals surface area contributed by atoms with Gasteiger partial charge in [-0.15, -0.1) is 11.3 Å². The molecule has 11 heteroatoms. The summed E-state index contributed by atoms with van der Waals surface area (Å²) in [4.78, 5) is 37.0. The number of carbonyl (C=O) groups is 2. The minimum Gasteiger partial charge on any atom is -0.497 e. The molecule has 1 aliphatic rings. The van der Waals surface area contributed by atoms with Gasteiger partial charge in [0, 0.05) is 37.2 Å². The van der Waals surface area contributed by atoms with Gasteiger partial charge in [-0.25, -0.2) is 14.6 Å². The number of aromatic carboxylic acids is 1. The Balaban J connectivity index is 1.48. The molecule has 31 heavy (non-hydrogen) atoms. The Bertz CT molecular complexity index is 1160. The van der Waals surface area contributed by atoms with Gasteiger partial charge < -0.3 is 30.7 Å². The van der Waals surface area contributed by atoms with Crippen LogP contribution in [0, 0.1) is 6.92 Å². The van der Waals surface area contributed by atoms with Crippen LogP contribution in [0.4, 0.5) is 22.2 Å². The second kappa shape index (κ2) is 8.26. The van der Waals surface area contributed by atoms with Gasteiger partial charge in [0.2, 0.25) is 5.95 Å². The number of hydrogen-bond donors (Lipinski definition) is 3. The average Bonchev–Trinajstić information content (AvgIpc) is 3.18. The first-order valence-corrected chi connectivity index (χ1v) is 10.5. The number of anilines is 3. The van der Waals surface area contributed by atoms with Crippen LogP contribution in [0.25, 0.3) is 10.2 Å². The Hall–Kier alpha value is -3.60. The van der Waals surface area contributed by atoms with Gasteiger partial charge in [0.25, 0.3) is 0 Å². The number of carbonyl (C=O) groups excluding carboxylic acids is 1. The number of nitrogens with two attached hydrogens (primary N) is 1. The molecule has 1 aromatic carbocycles. The number of nitrogens with zero attached hydrogens (tertiary/aromatic N) is 4. The minimum atomic E-state index is -1.03. The van der Waals surface area contributed by atoms with E-state index in [4.69, 9.17) is 10.5 Å². The number of piperazine rings is 1. The van der Waals surface area contributed by atoms with Gasteiger partial charge in [-0.05, 0) is 30.7 Å². The molecule has 0 atom stereocenters. The zero-order chi connectivity index (χ0) is 22.1. The van der Waals surface area contributed by atoms with E-state index in [1.54, 1.807) is 23.5 Å². The molecule has 2 aromatic heterocycles. The number of nitrogens with one attached hydrogen (secondary N) is 1. The highest BCUT2D eigenvalue weighted by Gasteiger charge is 2.26. The number of aryl methyl sites for hydroxylation is 1. The summed E-state index contributed by atoms with van der Waals surface area (Å²) >= 11 is 1.22. The molecule has 2 amide bonds. The van der Waals surface area contributed by atoms with E-state index in [-0.39, 0.29) is 17.5 Å². The van der Waals surface area contributed by atoms with Crippen LogP contribution in [-0.4, -0.2) is 65.3 Å². The van der Waals surface area contributed by atoms with Gasteiger partial charge in [-0.2, -0.15) is 4.98 Å². The van der Waals surface area contributed by atoms with Crippen LogP contribution in [-0.2, 0) is 0 Å². The fourth-order valence-corrected chi connectivity index (χ4v) is 4.46. The van der Waals surface area contributed by atoms with E-state index in [2.05, 4.69) is 15.3 Å². The Morgan fingerprint density at radius 3 is 2.61 bits per heavy atom. The van der Waals surface area contributed by atoms with Crippen molar-refractivity contribution in [3.05, 3.63) is 34.7 Å². The maximum absolute atomic E-state index is 12.7. The highest BCUT2D eigenvalue weighted by Crippen LogP contribution is 2.33. The molecule has 162 valence electrons. The largest absolute Gasteiger partial charge is 0.497 e. The van der Waals surface area contributed by atoms with E-state index < -0.39 is 5.97 Å². The van der Waals surface area contributed by atoms with Crippen LogP contribution in [0.1, 0.15) is 15.9 Å². The Morgan fingerprint density at radius 1 is 1.23 bits per heavy atom. The van der Waals surface area contributed by atoms with Crippen LogP contribution < -0.4 is 20.7 Å². The number of amides is 2. The molecular formula is C20H22N6O4S. The molecule has 0 bridgehead atoms. The molecular weight excluding hydrogens is 420 g/mol. The predicted octanol–water partition coefficient (Wildman–Crippen LogP) is 2.64. The minimum absolute atomic E-state index is 0.0939. The molecule has 0 saturated carbocycles. The highest BCUT2D eigenvalue weighted by atomic mass is 32.1. The zero-order valence-corrected chi connectivity index (χ0v) is 17.9. The number of carboxylic acids is 1. The summed E-state index contributed by atoms with van der Waals surface area (Å²) in [6, 6.07) is 5.28. The van der Waals surface area contributed by atoms with Crippen LogP contribution in [0.3, 0.4) is 0 Å². The van der Waals surface area contributed by atoms with Crippen molar-refractivity contribution in [2.75, 3.05) is 49.2 Å². The second-order valence-electron chi connectivity index (χ2n) is 7.13. The number of ether oxygens (including phenoxy) is 1. The summed E-state index contributed by atoms with van der Waals surface area (Å²) in [5.41, 5.74) is 7.63. The number of methoxy groups -OCH3 is 1. The smallest absolute Gasteiger partial charge is 0.337 e. The summed E-state index contributed by atoms with van der Waals surface area (Å²) in [5.74, 6) is 0.283. The van der Waals surface area contributed by atoms with Crippen molar-refractivity contribution in [2.24, 2.45) is 0 Å². The predicted molar refractivity (Wildman–Crippen MR) is 119 cm³/mol. The molecule has 0 unspecified atom stereocenters. The van der Waals surface area contributed by atoms with Gasteiger partial charge in [-0.1, -0.05) is 0 Å². The summed E-state index contributed by atoms with van der Waals surface area (Å²) in [6.45, 7) is 3.81. The molecule has 0 radical (unpaired) electrons. The van der Waals surface area contributed by atoms with E-state index in [1.165, 1.54) is 11.3 Å². The first-order chi connectivity index (χ1) is 14.9. The van der Waals surface area contributed by atoms with Crippen LogP contribution in [0.15, 0.2) is 23.6 Å². The second-order valence-corrected chi connectivity index (χ2v) is 7.98. The van der Waals surface area contributed by atoms with Gasteiger partial charge in [0.05, 0.1) is 18.1 Å². The first-order valence-electron chi connectivity index (χ1n) is 9.61. The molecule has 1 fully saturated rings. The standard InChI is InChI=1S/C20H22N6O4S/c1-11-9-12(30-2)3-4-14(11)22-20(29)26-7-5-25(6-8-26)16-15-13(18(27)28)10-31-17(15)24-19(21)23-16/h3-4,9-10H,5-8H2,1-2H3,(H,22,29)(H,27,28)(H2,21,23,24). The topological polar surface area (TPSA) is 134 Å². The maximum Gasteiger partial charge on any atom is 0.337 e. The first kappa shape index (κ1) is 20.7. The fraction of sp³-hybridized carbons (Fsp3) is 0.300. The third kappa shape index (κ3) is 4.04. The summed E-state index contributed by atoms with van der Waals surface area (Å²) in [6.07, 6.45) is 0. The number of carboxylic acid groups (broad SMARTS) is 1. The summed E-state index contributed by atoms with van der Waals surface area (Å²) in [5, 5.41) is 14.5. The van der Waals surface area contributed by atoms with E-state index >= 15 is 0 Å². The lowest BCUT2D eigenvalue weighted by Gasteiger charge is -2.35. The van der Waals surface area contributed by atoms with Crippen molar-refractivity contribution in [1.29, 1.82) is 0 Å². The van der Waals surface area contributed by atoms with Gasteiger partial charge in [0.1, 0.15) is 16.4 Å². The Morgan fingerprint density at radius 2 is 1.97 bits per heavy atom. The number of benzene rings is 1. The summed E-state index contributed by atoms with van der Waals surface area (Å²) in [7, 11) is 1.60. The molecule has 3 aromatic rings. The van der Waals surface area contributed by atoms with Gasteiger partial charge >= 0.3 is 12.0 Å². The highest BCUT2D eigenvalue weighted by molar-refractivity contribution is 7.17. The van der Waals surface area contributed by atoms with Crippen molar-refractivity contribution in [2.45, 2.75) is 6.92 Å². The fourth-order valence-electron chi connectivity index (χ4n) is 3.54. The number of hydrogen-bond acceptors (Lipinski definition) is 8. The molecule has 4 N–H and O–H groups in total. The third-order valence-electron chi connectivity index (χ3n) is 5.20. The molecule has 3 heterocycles. The quantitative estimate of drug-likeness (QED) is 0.561. The van der Waals surface area contributed by atoms with Crippen molar-refractivity contribution in [3.63, 3.8) is 0 Å². The van der Waals surface area contributed by atoms with E-state index in [1.807, 2.05) is 24.0 Å².